The summed E-state index contributed by atoms with van der Waals surface area (Å²) in [5, 5.41) is 0. The number of allylic oxidation sites excluding steroid dienone is 4. The predicted molar refractivity (Wildman–Crippen MR) is 268 cm³/mol. The first kappa shape index (κ1) is 37.9. The second kappa shape index (κ2) is 13.5. The Hall–Kier alpha value is -6.61. The van der Waals surface area contributed by atoms with Crippen molar-refractivity contribution >= 4 is 34.4 Å². The monoisotopic (exact) mass is 839 g/mol. The highest BCUT2D eigenvalue weighted by molar-refractivity contribution is 7.99. The zero-order chi connectivity index (χ0) is 43.1. The summed E-state index contributed by atoms with van der Waals surface area (Å²) in [6.45, 7) is 11.9. The first-order chi connectivity index (χ1) is 31.2. The predicted octanol–water partition coefficient (Wildman–Crippen LogP) is 16.6. The van der Waals surface area contributed by atoms with Gasteiger partial charge in [-0.3, -0.25) is 0 Å². The molecule has 0 fully saturated rings. The Balaban J connectivity index is 0.994. The van der Waals surface area contributed by atoms with Crippen LogP contribution in [0.15, 0.2) is 203 Å². The van der Waals surface area contributed by atoms with Crippen molar-refractivity contribution in [3.63, 3.8) is 0 Å². The molecule has 0 saturated heterocycles. The lowest BCUT2D eigenvalue weighted by Crippen LogP contribution is -2.34. The molecule has 308 valence electrons. The topological polar surface area (TPSA) is 3.24 Å². The molecule has 0 saturated carbocycles. The van der Waals surface area contributed by atoms with Crippen molar-refractivity contribution in [3.05, 3.63) is 238 Å². The summed E-state index contributed by atoms with van der Waals surface area (Å²) in [5.74, 6) is 0.463. The van der Waals surface area contributed by atoms with Gasteiger partial charge in [0.1, 0.15) is 0 Å². The van der Waals surface area contributed by atoms with E-state index in [4.69, 9.17) is 0 Å². The molecule has 13 rings (SSSR count). The van der Waals surface area contributed by atoms with Crippen LogP contribution in [0.25, 0.3) is 39.0 Å². The van der Waals surface area contributed by atoms with E-state index in [1.807, 2.05) is 11.8 Å². The van der Waals surface area contributed by atoms with E-state index in [2.05, 4.69) is 228 Å². The summed E-state index contributed by atoms with van der Waals surface area (Å²) in [4.78, 5) is 5.19. The molecule has 1 aliphatic heterocycles. The van der Waals surface area contributed by atoms with Gasteiger partial charge >= 0.3 is 0 Å². The van der Waals surface area contributed by atoms with Gasteiger partial charge in [0, 0.05) is 37.7 Å². The number of nitrogens with zero attached hydrogens (tertiary/aromatic N) is 1. The Morgan fingerprint density at radius 3 is 1.59 bits per heavy atom. The molecule has 4 aliphatic carbocycles. The maximum atomic E-state index is 2.50. The molecule has 2 atom stereocenters. The minimum atomic E-state index is -0.382. The van der Waals surface area contributed by atoms with Crippen LogP contribution in [0.1, 0.15) is 85.5 Å². The number of rotatable bonds is 4. The molecule has 0 N–H and O–H groups in total. The number of hydrogen-bond donors (Lipinski definition) is 0. The highest BCUT2D eigenvalue weighted by atomic mass is 32.2. The maximum Gasteiger partial charge on any atom is 0.0704 e. The molecular formula is C62H49NS. The molecule has 1 spiro atoms. The van der Waals surface area contributed by atoms with Gasteiger partial charge in [-0.05, 0) is 150 Å². The van der Waals surface area contributed by atoms with Gasteiger partial charge in [-0.1, -0.05) is 186 Å². The summed E-state index contributed by atoms with van der Waals surface area (Å²) in [7, 11) is 0. The third kappa shape index (κ3) is 5.04. The first-order valence-electron chi connectivity index (χ1n) is 23.0. The largest absolute Gasteiger partial charge is 0.310 e. The van der Waals surface area contributed by atoms with Crippen LogP contribution in [-0.2, 0) is 16.2 Å². The van der Waals surface area contributed by atoms with Gasteiger partial charge in [-0.25, -0.2) is 0 Å². The van der Waals surface area contributed by atoms with Crippen molar-refractivity contribution in [3.8, 4) is 33.4 Å². The SMILES string of the molecule is CC1C=CC2=C(C1)C1(c3ccccc3Sc3cccc(-c4ccc(N(c5ccc6c(c5)C(C)(C)c5ccccc5-6)c5ccc6c(c5)C(C)(C)c5ccccc5-6)cc4)c31)c1ccccc12. The van der Waals surface area contributed by atoms with Crippen molar-refractivity contribution in [2.45, 2.75) is 67.1 Å². The van der Waals surface area contributed by atoms with E-state index in [0.29, 0.717) is 5.92 Å². The average Bonchev–Trinajstić information content (AvgIpc) is 3.83. The number of anilines is 3. The van der Waals surface area contributed by atoms with E-state index in [-0.39, 0.29) is 16.2 Å². The maximum absolute atomic E-state index is 2.50. The minimum Gasteiger partial charge on any atom is -0.310 e. The lowest BCUT2D eigenvalue weighted by molar-refractivity contribution is 0.607. The van der Waals surface area contributed by atoms with Crippen molar-refractivity contribution < 1.29 is 0 Å². The van der Waals surface area contributed by atoms with E-state index in [1.165, 1.54) is 110 Å². The smallest absolute Gasteiger partial charge is 0.0704 e. The molecule has 0 aromatic heterocycles. The Morgan fingerprint density at radius 2 is 0.953 bits per heavy atom. The van der Waals surface area contributed by atoms with Crippen molar-refractivity contribution in [1.29, 1.82) is 0 Å². The summed E-state index contributed by atoms with van der Waals surface area (Å²) in [6, 6.07) is 67.2. The van der Waals surface area contributed by atoms with Crippen molar-refractivity contribution in [2.24, 2.45) is 5.92 Å². The van der Waals surface area contributed by atoms with Crippen LogP contribution in [0.3, 0.4) is 0 Å². The van der Waals surface area contributed by atoms with Gasteiger partial charge in [0.15, 0.2) is 0 Å². The lowest BCUT2D eigenvalue weighted by atomic mass is 9.63. The van der Waals surface area contributed by atoms with E-state index in [1.54, 1.807) is 0 Å². The van der Waals surface area contributed by atoms with Crippen molar-refractivity contribution in [2.75, 3.05) is 4.90 Å². The quantitative estimate of drug-likeness (QED) is 0.174. The second-order valence-corrected chi connectivity index (χ2v) is 20.8. The Morgan fingerprint density at radius 1 is 0.453 bits per heavy atom. The molecule has 0 radical (unpaired) electrons. The Kier molecular flexibility index (Phi) is 7.97. The average molecular weight is 840 g/mol. The van der Waals surface area contributed by atoms with E-state index in [9.17, 15) is 0 Å². The van der Waals surface area contributed by atoms with Crippen LogP contribution < -0.4 is 4.90 Å². The standard InChI is InChI=1S/C62H49NS/c1-38-25-32-49-46-17-8-11-21-52(46)62(56(49)35-38)53-22-12-13-23-57(53)64-58-24-14-18-43(59(58)62)39-26-28-40(29-27-39)63(41-30-33-47-44-15-6-9-19-50(44)60(2,3)54(47)36-41)42-31-34-48-45-16-7-10-20-51(45)61(4,5)55(48)37-42/h6-34,36-38H,35H2,1-5H3. The van der Waals surface area contributed by atoms with Gasteiger partial charge in [-0.15, -0.1) is 0 Å². The van der Waals surface area contributed by atoms with E-state index < -0.39 is 0 Å². The number of hydrogen-bond acceptors (Lipinski definition) is 2. The Labute approximate surface area is 381 Å². The molecule has 0 bridgehead atoms. The Bertz CT molecular complexity index is 3250. The molecule has 0 amide bonds. The molecule has 8 aromatic rings. The second-order valence-electron chi connectivity index (χ2n) is 19.7. The van der Waals surface area contributed by atoms with Gasteiger partial charge in [0.25, 0.3) is 0 Å². The van der Waals surface area contributed by atoms with Gasteiger partial charge < -0.3 is 4.90 Å². The summed E-state index contributed by atoms with van der Waals surface area (Å²) < 4.78 is 0. The zero-order valence-electron chi connectivity index (χ0n) is 37.0. The summed E-state index contributed by atoms with van der Waals surface area (Å²) >= 11 is 1.93. The van der Waals surface area contributed by atoms with E-state index in [0.717, 1.165) is 12.1 Å². The normalized spacial score (nSPS) is 19.5. The molecule has 1 nitrogen and oxygen atoms in total. The van der Waals surface area contributed by atoms with Crippen LogP contribution in [-0.4, -0.2) is 0 Å². The third-order valence-electron chi connectivity index (χ3n) is 15.5. The van der Waals surface area contributed by atoms with Crippen LogP contribution >= 0.6 is 11.8 Å². The van der Waals surface area contributed by atoms with Crippen LogP contribution in [0.4, 0.5) is 17.1 Å². The molecule has 64 heavy (non-hydrogen) atoms. The fourth-order valence-corrected chi connectivity index (χ4v) is 13.8. The van der Waals surface area contributed by atoms with Crippen LogP contribution in [0.2, 0.25) is 0 Å². The molecule has 2 heteroatoms. The highest BCUT2D eigenvalue weighted by Gasteiger charge is 2.52. The third-order valence-corrected chi connectivity index (χ3v) is 16.7. The lowest BCUT2D eigenvalue weighted by Gasteiger charge is -2.43. The minimum absolute atomic E-state index is 0.113. The number of fused-ring (bicyclic) bond motifs is 14. The fourth-order valence-electron chi connectivity index (χ4n) is 12.5. The van der Waals surface area contributed by atoms with Gasteiger partial charge in [0.2, 0.25) is 0 Å². The molecular weight excluding hydrogens is 791 g/mol. The highest BCUT2D eigenvalue weighted by Crippen LogP contribution is 2.65. The summed E-state index contributed by atoms with van der Waals surface area (Å²) in [6.07, 6.45) is 5.87. The van der Waals surface area contributed by atoms with Crippen molar-refractivity contribution in [1.82, 2.24) is 0 Å². The van der Waals surface area contributed by atoms with Gasteiger partial charge in [0.05, 0.1) is 5.41 Å². The molecule has 5 aliphatic rings. The van der Waals surface area contributed by atoms with Gasteiger partial charge in [-0.2, -0.15) is 0 Å². The molecule has 2 unspecified atom stereocenters. The molecule has 8 aromatic carbocycles. The first-order valence-corrected chi connectivity index (χ1v) is 23.8. The number of benzene rings is 8. The van der Waals surface area contributed by atoms with E-state index >= 15 is 0 Å². The van der Waals surface area contributed by atoms with Crippen LogP contribution in [0, 0.1) is 5.92 Å². The zero-order valence-corrected chi connectivity index (χ0v) is 37.9. The molecule has 1 heterocycles. The fraction of sp³-hybridized carbons (Fsp3) is 0.161. The van der Waals surface area contributed by atoms with Crippen LogP contribution in [0.5, 0.6) is 0 Å². The summed E-state index contributed by atoms with van der Waals surface area (Å²) in [5.41, 5.74) is 24.9.